The van der Waals surface area contributed by atoms with E-state index in [1.807, 2.05) is 6.07 Å². The quantitative estimate of drug-likeness (QED) is 0.822. The highest BCUT2D eigenvalue weighted by Gasteiger charge is 2.42. The van der Waals surface area contributed by atoms with Gasteiger partial charge in [0.05, 0.1) is 13.2 Å². The van der Waals surface area contributed by atoms with Gasteiger partial charge >= 0.3 is 0 Å². The molecule has 1 heterocycles. The molecule has 3 heteroatoms. The molecule has 0 saturated heterocycles. The summed E-state index contributed by atoms with van der Waals surface area (Å²) < 4.78 is 7.49. The van der Waals surface area contributed by atoms with Gasteiger partial charge in [0, 0.05) is 35.5 Å². The first-order valence-corrected chi connectivity index (χ1v) is 6.26. The van der Waals surface area contributed by atoms with E-state index in [1.54, 1.807) is 7.11 Å². The maximum atomic E-state index is 8.88. The summed E-state index contributed by atoms with van der Waals surface area (Å²) in [7, 11) is 1.68. The summed E-state index contributed by atoms with van der Waals surface area (Å²) in [5.41, 5.74) is 1.46. The summed E-state index contributed by atoms with van der Waals surface area (Å²) in [5.74, 6) is 0.887. The molecule has 0 amide bonds. The van der Waals surface area contributed by atoms with Crippen molar-refractivity contribution in [1.82, 2.24) is 4.57 Å². The molecule has 0 radical (unpaired) electrons. The fourth-order valence-electron chi connectivity index (χ4n) is 2.54. The average Bonchev–Trinajstić information content (AvgIpc) is 3.03. The second kappa shape index (κ2) is 4.06. The van der Waals surface area contributed by atoms with Crippen LogP contribution in [0.1, 0.15) is 19.3 Å². The van der Waals surface area contributed by atoms with Crippen molar-refractivity contribution < 1.29 is 4.74 Å². The maximum Gasteiger partial charge on any atom is 0.119 e. The van der Waals surface area contributed by atoms with Crippen molar-refractivity contribution in [3.05, 3.63) is 30.5 Å². The van der Waals surface area contributed by atoms with Gasteiger partial charge in [-0.2, -0.15) is 5.26 Å². The molecule has 0 bridgehead atoms. The summed E-state index contributed by atoms with van der Waals surface area (Å²) in [6, 6.07) is 10.6. The van der Waals surface area contributed by atoms with Gasteiger partial charge in [0.1, 0.15) is 5.75 Å². The van der Waals surface area contributed by atoms with Crippen LogP contribution in [0.15, 0.2) is 30.5 Å². The summed E-state index contributed by atoms with van der Waals surface area (Å²) in [6.45, 7) is 0.955. The van der Waals surface area contributed by atoms with E-state index in [1.165, 1.54) is 23.7 Å². The monoisotopic (exact) mass is 240 g/mol. The SMILES string of the molecule is COc1ccc2c(ccn2CC2(CC#N)CC2)c1. The molecule has 1 fully saturated rings. The smallest absolute Gasteiger partial charge is 0.119 e. The Morgan fingerprint density at radius 1 is 1.39 bits per heavy atom. The number of methoxy groups -OCH3 is 1. The van der Waals surface area contributed by atoms with Gasteiger partial charge in [0.15, 0.2) is 0 Å². The largest absolute Gasteiger partial charge is 0.497 e. The van der Waals surface area contributed by atoms with Gasteiger partial charge in [-0.3, -0.25) is 0 Å². The number of nitrogens with zero attached hydrogens (tertiary/aromatic N) is 2. The minimum atomic E-state index is 0.237. The van der Waals surface area contributed by atoms with Gasteiger partial charge in [0.2, 0.25) is 0 Å². The van der Waals surface area contributed by atoms with Gasteiger partial charge in [-0.15, -0.1) is 0 Å². The Morgan fingerprint density at radius 3 is 2.89 bits per heavy atom. The molecule has 0 aliphatic heterocycles. The van der Waals surface area contributed by atoms with Crippen LogP contribution < -0.4 is 4.74 Å². The second-order valence-electron chi connectivity index (χ2n) is 5.20. The second-order valence-corrected chi connectivity index (χ2v) is 5.20. The molecule has 1 aliphatic rings. The van der Waals surface area contributed by atoms with Crippen molar-refractivity contribution in [1.29, 1.82) is 5.26 Å². The van der Waals surface area contributed by atoms with Crippen LogP contribution in [0.5, 0.6) is 5.75 Å². The molecule has 2 aromatic rings. The van der Waals surface area contributed by atoms with Crippen LogP contribution in [0.3, 0.4) is 0 Å². The molecule has 92 valence electrons. The predicted molar refractivity (Wildman–Crippen MR) is 70.4 cm³/mol. The molecule has 1 aliphatic carbocycles. The van der Waals surface area contributed by atoms with Crippen LogP contribution in [0.2, 0.25) is 0 Å². The highest BCUT2D eigenvalue weighted by molar-refractivity contribution is 5.81. The summed E-state index contributed by atoms with van der Waals surface area (Å²) in [5, 5.41) is 10.1. The van der Waals surface area contributed by atoms with E-state index in [9.17, 15) is 0 Å². The number of ether oxygens (including phenoxy) is 1. The summed E-state index contributed by atoms with van der Waals surface area (Å²) >= 11 is 0. The van der Waals surface area contributed by atoms with E-state index in [2.05, 4.69) is 35.0 Å². The fourth-order valence-corrected chi connectivity index (χ4v) is 2.54. The molecular formula is C15H16N2O. The fraction of sp³-hybridized carbons (Fsp3) is 0.400. The molecule has 18 heavy (non-hydrogen) atoms. The van der Waals surface area contributed by atoms with Crippen LogP contribution in [-0.4, -0.2) is 11.7 Å². The van der Waals surface area contributed by atoms with E-state index < -0.39 is 0 Å². The van der Waals surface area contributed by atoms with Crippen molar-refractivity contribution in [3.63, 3.8) is 0 Å². The van der Waals surface area contributed by atoms with Crippen LogP contribution >= 0.6 is 0 Å². The molecule has 0 spiro atoms. The lowest BCUT2D eigenvalue weighted by atomic mass is 10.0. The number of nitriles is 1. The van der Waals surface area contributed by atoms with E-state index in [4.69, 9.17) is 10.00 Å². The van der Waals surface area contributed by atoms with Crippen LogP contribution in [-0.2, 0) is 6.54 Å². The van der Waals surface area contributed by atoms with Gasteiger partial charge in [-0.25, -0.2) is 0 Å². The number of hydrogen-bond acceptors (Lipinski definition) is 2. The predicted octanol–water partition coefficient (Wildman–Crippen LogP) is 3.34. The third-order valence-electron chi connectivity index (χ3n) is 3.90. The average molecular weight is 240 g/mol. The van der Waals surface area contributed by atoms with Crippen molar-refractivity contribution in [2.75, 3.05) is 7.11 Å². The zero-order valence-corrected chi connectivity index (χ0v) is 10.5. The number of fused-ring (bicyclic) bond motifs is 1. The third-order valence-corrected chi connectivity index (χ3v) is 3.90. The Labute approximate surface area is 107 Å². The van der Waals surface area contributed by atoms with Crippen molar-refractivity contribution >= 4 is 10.9 Å². The summed E-state index contributed by atoms with van der Waals surface area (Å²) in [6.07, 6.45) is 5.14. The lowest BCUT2D eigenvalue weighted by molar-refractivity contribution is 0.415. The summed E-state index contributed by atoms with van der Waals surface area (Å²) in [4.78, 5) is 0. The number of hydrogen-bond donors (Lipinski definition) is 0. The van der Waals surface area contributed by atoms with Crippen LogP contribution in [0.4, 0.5) is 0 Å². The Balaban J connectivity index is 1.92. The van der Waals surface area contributed by atoms with E-state index in [0.717, 1.165) is 12.3 Å². The first-order valence-electron chi connectivity index (χ1n) is 6.26. The van der Waals surface area contributed by atoms with Crippen LogP contribution in [0.25, 0.3) is 10.9 Å². The van der Waals surface area contributed by atoms with Gasteiger partial charge in [0.25, 0.3) is 0 Å². The van der Waals surface area contributed by atoms with E-state index >= 15 is 0 Å². The highest BCUT2D eigenvalue weighted by Crippen LogP contribution is 2.50. The Morgan fingerprint density at radius 2 is 2.22 bits per heavy atom. The van der Waals surface area contributed by atoms with Gasteiger partial charge in [-0.05, 0) is 37.1 Å². The third kappa shape index (κ3) is 1.84. The van der Waals surface area contributed by atoms with Crippen LogP contribution in [0, 0.1) is 16.7 Å². The zero-order valence-electron chi connectivity index (χ0n) is 10.5. The number of rotatable bonds is 4. The first kappa shape index (κ1) is 11.2. The van der Waals surface area contributed by atoms with Gasteiger partial charge < -0.3 is 9.30 Å². The first-order chi connectivity index (χ1) is 8.76. The molecule has 0 atom stereocenters. The molecule has 1 aromatic carbocycles. The molecule has 0 unspecified atom stereocenters. The van der Waals surface area contributed by atoms with Crippen molar-refractivity contribution in [2.24, 2.45) is 5.41 Å². The van der Waals surface area contributed by atoms with Gasteiger partial charge in [-0.1, -0.05) is 0 Å². The normalized spacial score (nSPS) is 16.4. The molecule has 3 rings (SSSR count). The topological polar surface area (TPSA) is 38.0 Å². The molecule has 1 aromatic heterocycles. The maximum absolute atomic E-state index is 8.88. The zero-order chi connectivity index (χ0) is 12.6. The Bertz CT molecular complexity index is 617. The number of aromatic nitrogens is 1. The molecule has 0 N–H and O–H groups in total. The Kier molecular flexibility index (Phi) is 2.52. The Hall–Kier alpha value is -1.95. The van der Waals surface area contributed by atoms with Crippen molar-refractivity contribution in [2.45, 2.75) is 25.8 Å². The lowest BCUT2D eigenvalue weighted by Gasteiger charge is -2.13. The molecular weight excluding hydrogens is 224 g/mol. The standard InChI is InChI=1S/C15H16N2O/c1-18-13-2-3-14-12(10-13)4-9-17(14)11-15(5-6-15)7-8-16/h2-4,9-10H,5-7,11H2,1H3. The molecule has 3 nitrogen and oxygen atoms in total. The molecule has 1 saturated carbocycles. The number of benzene rings is 1. The minimum absolute atomic E-state index is 0.237. The lowest BCUT2D eigenvalue weighted by Crippen LogP contribution is -2.10. The highest BCUT2D eigenvalue weighted by atomic mass is 16.5. The van der Waals surface area contributed by atoms with E-state index in [-0.39, 0.29) is 5.41 Å². The van der Waals surface area contributed by atoms with Crippen molar-refractivity contribution in [3.8, 4) is 11.8 Å². The minimum Gasteiger partial charge on any atom is -0.497 e. The van der Waals surface area contributed by atoms with E-state index in [0.29, 0.717) is 6.42 Å².